The predicted octanol–water partition coefficient (Wildman–Crippen LogP) is 2.73. The highest BCUT2D eigenvalue weighted by Gasteiger charge is 2.24. The van der Waals surface area contributed by atoms with Crippen molar-refractivity contribution in [2.75, 3.05) is 11.9 Å². The predicted molar refractivity (Wildman–Crippen MR) is 83.0 cm³/mol. The van der Waals surface area contributed by atoms with E-state index < -0.39 is 0 Å². The fourth-order valence-corrected chi connectivity index (χ4v) is 3.07. The summed E-state index contributed by atoms with van der Waals surface area (Å²) in [6.45, 7) is 4.70. The van der Waals surface area contributed by atoms with Gasteiger partial charge in [-0.1, -0.05) is 31.0 Å². The quantitative estimate of drug-likeness (QED) is 0.881. The molecule has 1 aliphatic carbocycles. The molecular weight excluding hydrogens is 272 g/mol. The summed E-state index contributed by atoms with van der Waals surface area (Å²) in [7, 11) is 0. The van der Waals surface area contributed by atoms with Gasteiger partial charge in [-0.25, -0.2) is 0 Å². The first-order chi connectivity index (χ1) is 9.58. The molecule has 1 aromatic carbocycles. The highest BCUT2D eigenvalue weighted by Crippen LogP contribution is 2.23. The fraction of sp³-hybridized carbons (Fsp3) is 0.562. The highest BCUT2D eigenvalue weighted by atomic mass is 35.5. The summed E-state index contributed by atoms with van der Waals surface area (Å²) in [5.41, 5.74) is 1.74. The number of carbonyl (C=O) groups excluding carboxylic acids is 1. The maximum Gasteiger partial charge on any atom is 0.279 e. The first kappa shape index (κ1) is 15.3. The second kappa shape index (κ2) is 7.09. The second-order valence-electron chi connectivity index (χ2n) is 5.83. The fourth-order valence-electron chi connectivity index (χ4n) is 2.90. The van der Waals surface area contributed by atoms with Gasteiger partial charge in [0.25, 0.3) is 5.91 Å². The number of carbonyl (C=O) groups is 1. The van der Waals surface area contributed by atoms with E-state index in [0.29, 0.717) is 23.5 Å². The zero-order valence-corrected chi connectivity index (χ0v) is 13.0. The first-order valence-electron chi connectivity index (χ1n) is 7.46. The summed E-state index contributed by atoms with van der Waals surface area (Å²) in [5, 5.41) is 5.83. The molecule has 1 amide bonds. The van der Waals surface area contributed by atoms with E-state index in [1.807, 2.05) is 25.1 Å². The van der Waals surface area contributed by atoms with E-state index in [-0.39, 0.29) is 5.91 Å². The molecule has 0 spiro atoms. The van der Waals surface area contributed by atoms with Crippen molar-refractivity contribution in [1.82, 2.24) is 0 Å². The smallest absolute Gasteiger partial charge is 0.279 e. The Balaban J connectivity index is 1.85. The van der Waals surface area contributed by atoms with Gasteiger partial charge in [0.05, 0.1) is 6.04 Å². The number of nitrogens with two attached hydrogens (primary N) is 1. The van der Waals surface area contributed by atoms with Gasteiger partial charge in [0, 0.05) is 16.6 Å². The van der Waals surface area contributed by atoms with Crippen LogP contribution in [-0.2, 0) is 4.79 Å². The molecule has 0 radical (unpaired) electrons. The van der Waals surface area contributed by atoms with E-state index in [1.54, 1.807) is 0 Å². The number of hydrogen-bond acceptors (Lipinski definition) is 1. The zero-order chi connectivity index (χ0) is 14.5. The van der Waals surface area contributed by atoms with Crippen LogP contribution in [0.3, 0.4) is 0 Å². The molecule has 1 aliphatic rings. The molecule has 3 nitrogen and oxygen atoms in total. The van der Waals surface area contributed by atoms with Crippen LogP contribution < -0.4 is 10.6 Å². The van der Waals surface area contributed by atoms with Crippen LogP contribution in [0.5, 0.6) is 0 Å². The van der Waals surface area contributed by atoms with Crippen molar-refractivity contribution in [3.8, 4) is 0 Å². The molecule has 1 saturated carbocycles. The van der Waals surface area contributed by atoms with Gasteiger partial charge in [0.2, 0.25) is 0 Å². The van der Waals surface area contributed by atoms with Crippen LogP contribution in [0.25, 0.3) is 0 Å². The second-order valence-corrected chi connectivity index (χ2v) is 6.23. The van der Waals surface area contributed by atoms with Gasteiger partial charge in [-0.05, 0) is 43.9 Å². The minimum absolute atomic E-state index is 0.0492. The Bertz CT molecular complexity index is 476. The molecule has 20 heavy (non-hydrogen) atoms. The lowest BCUT2D eigenvalue weighted by Crippen LogP contribution is -2.93. The van der Waals surface area contributed by atoms with Gasteiger partial charge < -0.3 is 10.6 Å². The third kappa shape index (κ3) is 3.97. The summed E-state index contributed by atoms with van der Waals surface area (Å²) in [4.78, 5) is 12.0. The average molecular weight is 296 g/mol. The molecule has 0 bridgehead atoms. The van der Waals surface area contributed by atoms with Gasteiger partial charge >= 0.3 is 0 Å². The highest BCUT2D eigenvalue weighted by molar-refractivity contribution is 6.31. The van der Waals surface area contributed by atoms with Crippen LogP contribution >= 0.6 is 11.6 Å². The Kier molecular flexibility index (Phi) is 5.44. The lowest BCUT2D eigenvalue weighted by Gasteiger charge is -2.26. The summed E-state index contributed by atoms with van der Waals surface area (Å²) in [6, 6.07) is 6.18. The Labute approximate surface area is 126 Å². The first-order valence-corrected chi connectivity index (χ1v) is 7.84. The summed E-state index contributed by atoms with van der Waals surface area (Å²) >= 11 is 6.06. The molecule has 0 heterocycles. The molecule has 1 fully saturated rings. The van der Waals surface area contributed by atoms with Crippen molar-refractivity contribution in [3.63, 3.8) is 0 Å². The number of benzene rings is 1. The number of rotatable bonds is 4. The molecule has 1 aromatic rings. The van der Waals surface area contributed by atoms with Crippen LogP contribution in [0.2, 0.25) is 5.02 Å². The van der Waals surface area contributed by atoms with E-state index >= 15 is 0 Å². The van der Waals surface area contributed by atoms with Gasteiger partial charge in [-0.2, -0.15) is 0 Å². The topological polar surface area (TPSA) is 45.7 Å². The largest absolute Gasteiger partial charge is 0.336 e. The average Bonchev–Trinajstić information content (AvgIpc) is 2.43. The summed E-state index contributed by atoms with van der Waals surface area (Å²) in [5.74, 6) is 0.762. The molecule has 110 valence electrons. The lowest BCUT2D eigenvalue weighted by molar-refractivity contribution is -0.687. The SMILES string of the molecule is Cc1c(Cl)cccc1NC(=O)C[NH2+][C@H]1CCCC[C@H]1C. The maximum atomic E-state index is 12.0. The number of halogens is 1. The third-order valence-electron chi connectivity index (χ3n) is 4.33. The summed E-state index contributed by atoms with van der Waals surface area (Å²) < 4.78 is 0. The molecule has 0 unspecified atom stereocenters. The molecule has 0 saturated heterocycles. The van der Waals surface area contributed by atoms with Crippen LogP contribution in [0, 0.1) is 12.8 Å². The molecule has 0 aromatic heterocycles. The van der Waals surface area contributed by atoms with Gasteiger partial charge in [-0.15, -0.1) is 0 Å². The molecule has 4 heteroatoms. The number of quaternary nitrogens is 1. The van der Waals surface area contributed by atoms with Gasteiger partial charge in [-0.3, -0.25) is 4.79 Å². The molecule has 0 aliphatic heterocycles. The van der Waals surface area contributed by atoms with Gasteiger partial charge in [0.1, 0.15) is 0 Å². The van der Waals surface area contributed by atoms with Crippen LogP contribution in [-0.4, -0.2) is 18.5 Å². The van der Waals surface area contributed by atoms with E-state index in [1.165, 1.54) is 25.7 Å². The number of amides is 1. The number of nitrogens with one attached hydrogen (secondary N) is 1. The van der Waals surface area contributed by atoms with E-state index in [0.717, 1.165) is 11.3 Å². The van der Waals surface area contributed by atoms with Crippen molar-refractivity contribution < 1.29 is 10.1 Å². The monoisotopic (exact) mass is 295 g/mol. The molecule has 2 rings (SSSR count). The maximum absolute atomic E-state index is 12.0. The summed E-state index contributed by atoms with van der Waals surface area (Å²) in [6.07, 6.45) is 5.14. The minimum Gasteiger partial charge on any atom is -0.336 e. The van der Waals surface area contributed by atoms with Crippen LogP contribution in [0.15, 0.2) is 18.2 Å². The Morgan fingerprint density at radius 2 is 2.15 bits per heavy atom. The zero-order valence-electron chi connectivity index (χ0n) is 12.3. The van der Waals surface area contributed by atoms with E-state index in [9.17, 15) is 4.79 Å². The Morgan fingerprint density at radius 1 is 1.40 bits per heavy atom. The van der Waals surface area contributed by atoms with Crippen molar-refractivity contribution >= 4 is 23.2 Å². The third-order valence-corrected chi connectivity index (χ3v) is 4.74. The van der Waals surface area contributed by atoms with Crippen LogP contribution in [0.4, 0.5) is 5.69 Å². The minimum atomic E-state index is 0.0492. The number of anilines is 1. The van der Waals surface area contributed by atoms with Crippen molar-refractivity contribution in [1.29, 1.82) is 0 Å². The molecular formula is C16H24ClN2O+. The van der Waals surface area contributed by atoms with E-state index in [4.69, 9.17) is 11.6 Å². The normalized spacial score (nSPS) is 22.6. The van der Waals surface area contributed by atoms with Crippen molar-refractivity contribution in [2.24, 2.45) is 5.92 Å². The Hall–Kier alpha value is -1.06. The van der Waals surface area contributed by atoms with Crippen molar-refractivity contribution in [3.05, 3.63) is 28.8 Å². The number of hydrogen-bond donors (Lipinski definition) is 2. The standard InChI is InChI=1S/C16H23ClN2O/c1-11-6-3-4-8-14(11)18-10-16(20)19-15-9-5-7-13(17)12(15)2/h5,7,9,11,14,18H,3-4,6,8,10H2,1-2H3,(H,19,20)/p+1/t11-,14+/m1/s1. The molecule has 2 atom stereocenters. The van der Waals surface area contributed by atoms with Crippen LogP contribution in [0.1, 0.15) is 38.2 Å². The van der Waals surface area contributed by atoms with Gasteiger partial charge in [0.15, 0.2) is 6.54 Å². The van der Waals surface area contributed by atoms with E-state index in [2.05, 4.69) is 17.6 Å². The lowest BCUT2D eigenvalue weighted by atomic mass is 9.86. The van der Waals surface area contributed by atoms with Crippen molar-refractivity contribution in [2.45, 2.75) is 45.6 Å². The Morgan fingerprint density at radius 3 is 2.90 bits per heavy atom. The molecule has 3 N–H and O–H groups in total.